The molecule has 0 bridgehead atoms. The highest BCUT2D eigenvalue weighted by Crippen LogP contribution is 2.17. The van der Waals surface area contributed by atoms with Gasteiger partial charge in [0, 0.05) is 18.2 Å². The molecule has 1 heterocycles. The van der Waals surface area contributed by atoms with Crippen molar-refractivity contribution in [3.8, 4) is 0 Å². The van der Waals surface area contributed by atoms with Crippen LogP contribution in [-0.2, 0) is 19.6 Å². The van der Waals surface area contributed by atoms with E-state index in [1.54, 1.807) is 13.8 Å². The summed E-state index contributed by atoms with van der Waals surface area (Å²) in [5.74, 6) is -1.67. The monoisotopic (exact) mass is 330 g/mol. The Morgan fingerprint density at radius 3 is 2.45 bits per heavy atom. The first-order chi connectivity index (χ1) is 10.1. The van der Waals surface area contributed by atoms with Gasteiger partial charge in [-0.3, -0.25) is 4.79 Å². The number of rotatable bonds is 7. The number of hydrogen-bond donors (Lipinski definition) is 2. The van der Waals surface area contributed by atoms with E-state index in [9.17, 15) is 18.0 Å². The van der Waals surface area contributed by atoms with Crippen LogP contribution < -0.4 is 4.72 Å². The fourth-order valence-electron chi connectivity index (χ4n) is 1.66. The Morgan fingerprint density at radius 2 is 2.00 bits per heavy atom. The second kappa shape index (κ2) is 6.84. The SMILES string of the molecule is COC(=O)c1ccc(S(=O)(=O)NC(C)(C)CCC(=O)O)cn1. The topological polar surface area (TPSA) is 123 Å². The van der Waals surface area contributed by atoms with Crippen LogP contribution in [0, 0.1) is 0 Å². The summed E-state index contributed by atoms with van der Waals surface area (Å²) >= 11 is 0. The summed E-state index contributed by atoms with van der Waals surface area (Å²) in [7, 11) is -2.68. The van der Waals surface area contributed by atoms with Gasteiger partial charge in [-0.15, -0.1) is 0 Å². The molecule has 8 nitrogen and oxygen atoms in total. The van der Waals surface area contributed by atoms with E-state index in [1.807, 2.05) is 0 Å². The molecule has 22 heavy (non-hydrogen) atoms. The molecule has 122 valence electrons. The molecule has 0 saturated heterocycles. The third-order valence-electron chi connectivity index (χ3n) is 2.82. The number of nitrogens with zero attached hydrogens (tertiary/aromatic N) is 1. The van der Waals surface area contributed by atoms with E-state index in [0.29, 0.717) is 0 Å². The summed E-state index contributed by atoms with van der Waals surface area (Å²) in [4.78, 5) is 25.4. The smallest absolute Gasteiger partial charge is 0.356 e. The number of pyridine rings is 1. The summed E-state index contributed by atoms with van der Waals surface area (Å²) in [6, 6.07) is 2.47. The van der Waals surface area contributed by atoms with Crippen molar-refractivity contribution >= 4 is 22.0 Å². The zero-order valence-corrected chi connectivity index (χ0v) is 13.3. The summed E-state index contributed by atoms with van der Waals surface area (Å²) in [6.45, 7) is 3.17. The van der Waals surface area contributed by atoms with Gasteiger partial charge in [0.05, 0.1) is 7.11 Å². The minimum Gasteiger partial charge on any atom is -0.481 e. The largest absolute Gasteiger partial charge is 0.481 e. The van der Waals surface area contributed by atoms with Crippen molar-refractivity contribution in [2.45, 2.75) is 37.1 Å². The zero-order valence-electron chi connectivity index (χ0n) is 12.5. The molecule has 1 rings (SSSR count). The molecule has 0 amide bonds. The number of sulfonamides is 1. The highest BCUT2D eigenvalue weighted by molar-refractivity contribution is 7.89. The molecule has 0 aliphatic carbocycles. The van der Waals surface area contributed by atoms with E-state index in [0.717, 1.165) is 6.20 Å². The predicted molar refractivity (Wildman–Crippen MR) is 76.8 cm³/mol. The number of hydrogen-bond acceptors (Lipinski definition) is 6. The van der Waals surface area contributed by atoms with Crippen LogP contribution in [0.4, 0.5) is 0 Å². The first-order valence-electron chi connectivity index (χ1n) is 6.37. The standard InChI is InChI=1S/C13H18N2O6S/c1-13(2,7-6-11(16)17)15-22(19,20)9-4-5-10(14-8-9)12(18)21-3/h4-5,8,15H,6-7H2,1-3H3,(H,16,17). The maximum atomic E-state index is 12.2. The second-order valence-corrected chi connectivity index (χ2v) is 6.94. The van der Waals surface area contributed by atoms with Crippen LogP contribution in [0.1, 0.15) is 37.2 Å². The van der Waals surface area contributed by atoms with Gasteiger partial charge in [0.15, 0.2) is 0 Å². The van der Waals surface area contributed by atoms with Crippen LogP contribution in [0.15, 0.2) is 23.2 Å². The number of carboxylic acids is 1. The Kier molecular flexibility index (Phi) is 5.61. The number of ether oxygens (including phenoxy) is 1. The quantitative estimate of drug-likeness (QED) is 0.708. The Balaban J connectivity index is 2.90. The van der Waals surface area contributed by atoms with Gasteiger partial charge in [-0.1, -0.05) is 0 Å². The van der Waals surface area contributed by atoms with E-state index < -0.39 is 27.5 Å². The van der Waals surface area contributed by atoms with E-state index in [1.165, 1.54) is 19.2 Å². The van der Waals surface area contributed by atoms with Crippen molar-refractivity contribution in [1.29, 1.82) is 0 Å². The van der Waals surface area contributed by atoms with Crippen molar-refractivity contribution in [3.05, 3.63) is 24.0 Å². The van der Waals surface area contributed by atoms with Crippen LogP contribution in [0.5, 0.6) is 0 Å². The highest BCUT2D eigenvalue weighted by Gasteiger charge is 2.27. The zero-order chi connectivity index (χ0) is 17.0. The molecule has 0 saturated carbocycles. The first-order valence-corrected chi connectivity index (χ1v) is 7.86. The molecular formula is C13H18N2O6S. The molecule has 0 unspecified atom stereocenters. The van der Waals surface area contributed by atoms with E-state index in [-0.39, 0.29) is 23.4 Å². The number of carboxylic acid groups (broad SMARTS) is 1. The summed E-state index contributed by atoms with van der Waals surface area (Å²) in [5.41, 5.74) is -0.940. The lowest BCUT2D eigenvalue weighted by atomic mass is 10.0. The van der Waals surface area contributed by atoms with Gasteiger partial charge in [-0.2, -0.15) is 0 Å². The van der Waals surface area contributed by atoms with Crippen LogP contribution in [0.2, 0.25) is 0 Å². The van der Waals surface area contributed by atoms with Gasteiger partial charge in [0.1, 0.15) is 10.6 Å². The number of esters is 1. The second-order valence-electron chi connectivity index (χ2n) is 5.25. The Hall–Kier alpha value is -2.00. The average molecular weight is 330 g/mol. The maximum absolute atomic E-state index is 12.2. The number of nitrogens with one attached hydrogen (secondary N) is 1. The van der Waals surface area contributed by atoms with E-state index in [2.05, 4.69) is 14.4 Å². The summed E-state index contributed by atoms with van der Waals surface area (Å²) in [5, 5.41) is 8.67. The van der Waals surface area contributed by atoms with Crippen molar-refractivity contribution in [3.63, 3.8) is 0 Å². The molecular weight excluding hydrogens is 312 g/mol. The lowest BCUT2D eigenvalue weighted by molar-refractivity contribution is -0.137. The Morgan fingerprint density at radius 1 is 1.36 bits per heavy atom. The lowest BCUT2D eigenvalue weighted by Gasteiger charge is -2.25. The fraction of sp³-hybridized carbons (Fsp3) is 0.462. The van der Waals surface area contributed by atoms with Gasteiger partial charge >= 0.3 is 11.9 Å². The van der Waals surface area contributed by atoms with Crippen molar-refractivity contribution < 1.29 is 27.9 Å². The number of carbonyl (C=O) groups is 2. The predicted octanol–water partition coefficient (Wildman–Crippen LogP) is 0.790. The normalized spacial score (nSPS) is 12.0. The third-order valence-corrected chi connectivity index (χ3v) is 4.50. The molecule has 1 aromatic rings. The minimum atomic E-state index is -3.87. The molecule has 0 aliphatic heterocycles. The number of aromatic nitrogens is 1. The average Bonchev–Trinajstić information content (AvgIpc) is 2.43. The van der Waals surface area contributed by atoms with Crippen LogP contribution in [0.25, 0.3) is 0 Å². The first kappa shape index (κ1) is 18.1. The van der Waals surface area contributed by atoms with E-state index in [4.69, 9.17) is 5.11 Å². The van der Waals surface area contributed by atoms with Crippen molar-refractivity contribution in [2.24, 2.45) is 0 Å². The number of aliphatic carboxylic acids is 1. The van der Waals surface area contributed by atoms with Crippen LogP contribution in [-0.4, -0.2) is 43.1 Å². The van der Waals surface area contributed by atoms with Crippen molar-refractivity contribution in [1.82, 2.24) is 9.71 Å². The maximum Gasteiger partial charge on any atom is 0.356 e. The van der Waals surface area contributed by atoms with Crippen LogP contribution in [0.3, 0.4) is 0 Å². The molecule has 1 aromatic heterocycles. The fourth-order valence-corrected chi connectivity index (χ4v) is 3.04. The molecule has 0 radical (unpaired) electrons. The molecule has 9 heteroatoms. The summed E-state index contributed by atoms with van der Waals surface area (Å²) < 4.78 is 31.4. The Labute approximate surface area is 128 Å². The lowest BCUT2D eigenvalue weighted by Crippen LogP contribution is -2.43. The summed E-state index contributed by atoms with van der Waals surface area (Å²) in [6.07, 6.45) is 1.02. The molecule has 2 N–H and O–H groups in total. The third kappa shape index (κ3) is 5.08. The van der Waals surface area contributed by atoms with Gasteiger partial charge < -0.3 is 9.84 Å². The molecule has 0 atom stereocenters. The molecule has 0 aromatic carbocycles. The number of methoxy groups -OCH3 is 1. The minimum absolute atomic E-state index is 0.00779. The van der Waals surface area contributed by atoms with Crippen molar-refractivity contribution in [2.75, 3.05) is 7.11 Å². The van der Waals surface area contributed by atoms with Gasteiger partial charge in [-0.25, -0.2) is 22.9 Å². The highest BCUT2D eigenvalue weighted by atomic mass is 32.2. The van der Waals surface area contributed by atoms with Gasteiger partial charge in [-0.05, 0) is 32.4 Å². The van der Waals surface area contributed by atoms with Gasteiger partial charge in [0.2, 0.25) is 10.0 Å². The Bertz CT molecular complexity index is 652. The van der Waals surface area contributed by atoms with Crippen LogP contribution >= 0.6 is 0 Å². The van der Waals surface area contributed by atoms with E-state index >= 15 is 0 Å². The number of carbonyl (C=O) groups excluding carboxylic acids is 1. The molecule has 0 fully saturated rings. The molecule has 0 aliphatic rings. The van der Waals surface area contributed by atoms with Gasteiger partial charge in [0.25, 0.3) is 0 Å². The molecule has 0 spiro atoms.